The van der Waals surface area contributed by atoms with Crippen LogP contribution < -0.4 is 0 Å². The normalized spacial score (nSPS) is 44.8. The van der Waals surface area contributed by atoms with Gasteiger partial charge in [-0.2, -0.15) is 0 Å². The Balaban J connectivity index is 2.87. The summed E-state index contributed by atoms with van der Waals surface area (Å²) in [5.74, 6) is -3.57. The monoisotopic (exact) mass is 192 g/mol. The number of aliphatic hydroxyl groups is 3. The second-order valence-electron chi connectivity index (χ2n) is 2.95. The first-order valence-electron chi connectivity index (χ1n) is 3.78. The minimum atomic E-state index is -2.45. The van der Waals surface area contributed by atoms with Crippen molar-refractivity contribution in [2.24, 2.45) is 0 Å². The van der Waals surface area contributed by atoms with Crippen molar-refractivity contribution in [1.82, 2.24) is 0 Å². The zero-order valence-electron chi connectivity index (χ0n) is 7.30. The van der Waals surface area contributed by atoms with E-state index in [1.165, 1.54) is 6.92 Å². The van der Waals surface area contributed by atoms with Crippen LogP contribution in [0.3, 0.4) is 0 Å². The Morgan fingerprint density at radius 1 is 1.54 bits per heavy atom. The lowest BCUT2D eigenvalue weighted by molar-refractivity contribution is -0.239. The molecule has 1 heterocycles. The van der Waals surface area contributed by atoms with E-state index in [9.17, 15) is 20.1 Å². The van der Waals surface area contributed by atoms with E-state index in [0.717, 1.165) is 7.11 Å². The van der Waals surface area contributed by atoms with Crippen LogP contribution in [0.1, 0.15) is 6.92 Å². The molecule has 0 spiro atoms. The summed E-state index contributed by atoms with van der Waals surface area (Å²) >= 11 is 0. The van der Waals surface area contributed by atoms with Gasteiger partial charge < -0.3 is 24.8 Å². The number of hydrogen-bond acceptors (Lipinski definition) is 6. The number of aliphatic hydroxyl groups excluding tert-OH is 2. The Hall–Kier alpha value is -0.690. The first-order chi connectivity index (χ1) is 5.93. The molecule has 0 bridgehead atoms. The summed E-state index contributed by atoms with van der Waals surface area (Å²) < 4.78 is 8.93. The minimum Gasteiger partial charge on any atom is -0.465 e. The molecule has 0 unspecified atom stereocenters. The lowest BCUT2D eigenvalue weighted by atomic mass is 10.1. The SMILES string of the molecule is COC(=O)[C@]1(O)O[C@H](C)[C@H](O)[C@H]1O. The van der Waals surface area contributed by atoms with Crippen molar-refractivity contribution < 1.29 is 29.6 Å². The van der Waals surface area contributed by atoms with Gasteiger partial charge in [0.25, 0.3) is 5.79 Å². The first kappa shape index (κ1) is 10.4. The molecule has 1 saturated heterocycles. The molecule has 1 aliphatic heterocycles. The van der Waals surface area contributed by atoms with Gasteiger partial charge in [0, 0.05) is 0 Å². The Bertz CT molecular complexity index is 217. The van der Waals surface area contributed by atoms with Crippen LogP contribution in [0.25, 0.3) is 0 Å². The third-order valence-electron chi connectivity index (χ3n) is 2.05. The van der Waals surface area contributed by atoms with E-state index in [0.29, 0.717) is 0 Å². The fraction of sp³-hybridized carbons (Fsp3) is 0.857. The van der Waals surface area contributed by atoms with Gasteiger partial charge >= 0.3 is 5.97 Å². The molecule has 0 saturated carbocycles. The highest BCUT2D eigenvalue weighted by Gasteiger charge is 2.57. The highest BCUT2D eigenvalue weighted by molar-refractivity contribution is 5.78. The summed E-state index contributed by atoms with van der Waals surface area (Å²) in [4.78, 5) is 11.0. The number of carbonyl (C=O) groups is 1. The van der Waals surface area contributed by atoms with Gasteiger partial charge in [-0.15, -0.1) is 0 Å². The second kappa shape index (κ2) is 3.22. The lowest BCUT2D eigenvalue weighted by Crippen LogP contribution is -2.50. The largest absolute Gasteiger partial charge is 0.465 e. The van der Waals surface area contributed by atoms with Crippen molar-refractivity contribution in [1.29, 1.82) is 0 Å². The van der Waals surface area contributed by atoms with E-state index < -0.39 is 30.1 Å². The van der Waals surface area contributed by atoms with Crippen molar-refractivity contribution >= 4 is 5.97 Å². The fourth-order valence-corrected chi connectivity index (χ4v) is 1.23. The summed E-state index contributed by atoms with van der Waals surface area (Å²) in [7, 11) is 1.05. The molecule has 6 heteroatoms. The Kier molecular flexibility index (Phi) is 2.58. The summed E-state index contributed by atoms with van der Waals surface area (Å²) in [6.45, 7) is 1.43. The molecule has 1 aliphatic rings. The second-order valence-corrected chi connectivity index (χ2v) is 2.95. The molecule has 76 valence electrons. The predicted octanol–water partition coefficient (Wildman–Crippen LogP) is -2.01. The van der Waals surface area contributed by atoms with Gasteiger partial charge in [-0.1, -0.05) is 0 Å². The molecule has 1 rings (SSSR count). The summed E-state index contributed by atoms with van der Waals surface area (Å²) in [6.07, 6.45) is -3.81. The van der Waals surface area contributed by atoms with Gasteiger partial charge in [0.15, 0.2) is 0 Å². The Morgan fingerprint density at radius 3 is 2.38 bits per heavy atom. The lowest BCUT2D eigenvalue weighted by Gasteiger charge is -2.22. The molecular formula is C7H12O6. The molecule has 4 atom stereocenters. The van der Waals surface area contributed by atoms with Crippen molar-refractivity contribution in [2.45, 2.75) is 31.0 Å². The molecule has 6 nitrogen and oxygen atoms in total. The molecule has 0 aromatic rings. The van der Waals surface area contributed by atoms with E-state index in [1.54, 1.807) is 0 Å². The van der Waals surface area contributed by atoms with E-state index in [-0.39, 0.29) is 0 Å². The quantitative estimate of drug-likeness (QED) is 0.415. The maximum atomic E-state index is 11.0. The van der Waals surface area contributed by atoms with Crippen molar-refractivity contribution in [3.63, 3.8) is 0 Å². The van der Waals surface area contributed by atoms with Crippen LogP contribution in [0.15, 0.2) is 0 Å². The summed E-state index contributed by atoms with van der Waals surface area (Å²) in [5.41, 5.74) is 0. The van der Waals surface area contributed by atoms with Gasteiger partial charge in [-0.3, -0.25) is 0 Å². The number of rotatable bonds is 1. The van der Waals surface area contributed by atoms with Gasteiger partial charge in [0.1, 0.15) is 12.2 Å². The smallest absolute Gasteiger partial charge is 0.369 e. The molecule has 0 radical (unpaired) electrons. The van der Waals surface area contributed by atoms with Crippen LogP contribution in [-0.2, 0) is 14.3 Å². The molecule has 0 aromatic heterocycles. The van der Waals surface area contributed by atoms with Crippen LogP contribution in [0, 0.1) is 0 Å². The maximum Gasteiger partial charge on any atom is 0.369 e. The molecule has 0 aromatic carbocycles. The minimum absolute atomic E-state index is 0.820. The molecule has 1 fully saturated rings. The van der Waals surface area contributed by atoms with E-state index in [4.69, 9.17) is 4.74 Å². The van der Waals surface area contributed by atoms with Crippen LogP contribution in [0.4, 0.5) is 0 Å². The number of methoxy groups -OCH3 is 1. The maximum absolute atomic E-state index is 11.0. The van der Waals surface area contributed by atoms with Gasteiger partial charge in [-0.25, -0.2) is 4.79 Å². The Morgan fingerprint density at radius 2 is 2.08 bits per heavy atom. The zero-order chi connectivity index (χ0) is 10.2. The topological polar surface area (TPSA) is 96.2 Å². The number of ether oxygens (including phenoxy) is 2. The first-order valence-corrected chi connectivity index (χ1v) is 3.78. The standard InChI is InChI=1S/C7H12O6/c1-3-4(8)5(9)7(11,13-3)6(10)12-2/h3-5,8-9,11H,1-2H3/t3-,4+,5-,7-/m1/s1. The highest BCUT2D eigenvalue weighted by atomic mass is 16.7. The molecule has 0 amide bonds. The van der Waals surface area contributed by atoms with E-state index in [1.807, 2.05) is 0 Å². The van der Waals surface area contributed by atoms with Crippen molar-refractivity contribution in [3.8, 4) is 0 Å². The fourth-order valence-electron chi connectivity index (χ4n) is 1.23. The molecule has 13 heavy (non-hydrogen) atoms. The number of hydrogen-bond donors (Lipinski definition) is 3. The third-order valence-corrected chi connectivity index (χ3v) is 2.05. The number of carbonyl (C=O) groups excluding carboxylic acids is 1. The molecule has 0 aliphatic carbocycles. The summed E-state index contributed by atoms with van der Waals surface area (Å²) in [5, 5.41) is 27.9. The van der Waals surface area contributed by atoms with E-state index >= 15 is 0 Å². The van der Waals surface area contributed by atoms with Gasteiger partial charge in [0.05, 0.1) is 13.2 Å². The van der Waals surface area contributed by atoms with Crippen molar-refractivity contribution in [3.05, 3.63) is 0 Å². The van der Waals surface area contributed by atoms with Crippen LogP contribution >= 0.6 is 0 Å². The van der Waals surface area contributed by atoms with Crippen LogP contribution in [0.2, 0.25) is 0 Å². The number of esters is 1. The molecule has 3 N–H and O–H groups in total. The highest BCUT2D eigenvalue weighted by Crippen LogP contribution is 2.29. The van der Waals surface area contributed by atoms with E-state index in [2.05, 4.69) is 4.74 Å². The van der Waals surface area contributed by atoms with Gasteiger partial charge in [0.2, 0.25) is 0 Å². The average Bonchev–Trinajstić information content (AvgIpc) is 2.30. The Labute approximate surface area is 74.7 Å². The van der Waals surface area contributed by atoms with Gasteiger partial charge in [-0.05, 0) is 6.92 Å². The predicted molar refractivity (Wildman–Crippen MR) is 39.5 cm³/mol. The third kappa shape index (κ3) is 1.42. The zero-order valence-corrected chi connectivity index (χ0v) is 7.30. The molecular weight excluding hydrogens is 180 g/mol. The summed E-state index contributed by atoms with van der Waals surface area (Å²) in [6, 6.07) is 0. The van der Waals surface area contributed by atoms with Crippen LogP contribution in [0.5, 0.6) is 0 Å². The van der Waals surface area contributed by atoms with Crippen LogP contribution in [-0.4, -0.2) is 52.5 Å². The van der Waals surface area contributed by atoms with Crippen molar-refractivity contribution in [2.75, 3.05) is 7.11 Å². The average molecular weight is 192 g/mol.